The molecule has 0 radical (unpaired) electrons. The quantitative estimate of drug-likeness (QED) is 0.628. The molecular weight excluding hydrogens is 393 g/mol. The molecular formula is C16H16IN3S. The van der Waals surface area contributed by atoms with E-state index in [1.165, 1.54) is 14.0 Å². The minimum absolute atomic E-state index is 0.703. The van der Waals surface area contributed by atoms with Gasteiger partial charge in [0.15, 0.2) is 0 Å². The van der Waals surface area contributed by atoms with E-state index in [4.69, 9.17) is 5.73 Å². The molecule has 0 atom stereocenters. The third-order valence-electron chi connectivity index (χ3n) is 3.73. The number of nitrogens with two attached hydrogens (primary N) is 1. The van der Waals surface area contributed by atoms with Crippen LogP contribution in [0.4, 0.5) is 5.82 Å². The highest BCUT2D eigenvalue weighted by molar-refractivity contribution is 14.1. The number of hydrogen-bond acceptors (Lipinski definition) is 3. The number of aromatic nitrogens is 2. The molecule has 0 unspecified atom stereocenters. The van der Waals surface area contributed by atoms with Crippen LogP contribution >= 0.6 is 33.9 Å². The average molecular weight is 409 g/mol. The van der Waals surface area contributed by atoms with Crippen molar-refractivity contribution in [2.24, 2.45) is 7.05 Å². The molecule has 1 aromatic carbocycles. The van der Waals surface area contributed by atoms with E-state index in [1.807, 2.05) is 7.05 Å². The van der Waals surface area contributed by atoms with Crippen molar-refractivity contribution in [2.75, 3.05) is 5.73 Å². The number of rotatable bonds is 2. The van der Waals surface area contributed by atoms with Crippen molar-refractivity contribution in [1.82, 2.24) is 9.78 Å². The van der Waals surface area contributed by atoms with E-state index in [1.54, 1.807) is 16.0 Å². The van der Waals surface area contributed by atoms with Crippen molar-refractivity contribution in [3.05, 3.63) is 43.7 Å². The van der Waals surface area contributed by atoms with Gasteiger partial charge in [-0.25, -0.2) is 0 Å². The van der Waals surface area contributed by atoms with Crippen LogP contribution < -0.4 is 5.73 Å². The first kappa shape index (κ1) is 14.6. The second-order valence-corrected chi connectivity index (χ2v) is 7.98. The number of nitrogen functional groups attached to an aromatic ring is 1. The van der Waals surface area contributed by atoms with Gasteiger partial charge in [-0.15, -0.1) is 11.3 Å². The largest absolute Gasteiger partial charge is 0.383 e. The fourth-order valence-corrected chi connectivity index (χ4v) is 3.69. The predicted molar refractivity (Wildman–Crippen MR) is 98.6 cm³/mol. The molecule has 2 heterocycles. The molecule has 3 rings (SSSR count). The maximum Gasteiger partial charge on any atom is 0.129 e. The van der Waals surface area contributed by atoms with Crippen LogP contribution in [0.5, 0.6) is 0 Å². The standard InChI is InChI=1S/C16H16IN3S/c1-9-4-5-11(6-10(9)2)14-15(19-20(3)16(14)18)12-7-13(17)21-8-12/h4-8H,18H2,1-3H3. The maximum atomic E-state index is 6.27. The number of benzene rings is 1. The lowest BCUT2D eigenvalue weighted by molar-refractivity contribution is 0.782. The summed E-state index contributed by atoms with van der Waals surface area (Å²) in [4.78, 5) is 0. The van der Waals surface area contributed by atoms with Crippen LogP contribution in [-0.4, -0.2) is 9.78 Å². The Morgan fingerprint density at radius 2 is 1.90 bits per heavy atom. The van der Waals surface area contributed by atoms with Crippen molar-refractivity contribution in [2.45, 2.75) is 13.8 Å². The monoisotopic (exact) mass is 409 g/mol. The minimum atomic E-state index is 0.703. The third-order valence-corrected chi connectivity index (χ3v) is 5.52. The van der Waals surface area contributed by atoms with E-state index in [2.05, 4.69) is 71.2 Å². The number of halogens is 1. The average Bonchev–Trinajstić information content (AvgIpc) is 2.99. The topological polar surface area (TPSA) is 43.8 Å². The van der Waals surface area contributed by atoms with E-state index >= 15 is 0 Å². The molecule has 2 N–H and O–H groups in total. The van der Waals surface area contributed by atoms with Gasteiger partial charge < -0.3 is 5.73 Å². The van der Waals surface area contributed by atoms with Crippen LogP contribution in [-0.2, 0) is 7.05 Å². The Hall–Kier alpha value is -1.34. The Morgan fingerprint density at radius 3 is 2.52 bits per heavy atom. The molecule has 0 saturated carbocycles. The molecule has 21 heavy (non-hydrogen) atoms. The lowest BCUT2D eigenvalue weighted by Crippen LogP contribution is -1.98. The molecule has 0 spiro atoms. The summed E-state index contributed by atoms with van der Waals surface area (Å²) in [6.45, 7) is 4.24. The molecule has 2 aromatic heterocycles. The highest BCUT2D eigenvalue weighted by Gasteiger charge is 2.18. The summed E-state index contributed by atoms with van der Waals surface area (Å²) in [5, 5.41) is 6.75. The number of thiophene rings is 1. The summed E-state index contributed by atoms with van der Waals surface area (Å²) >= 11 is 4.05. The van der Waals surface area contributed by atoms with Gasteiger partial charge >= 0.3 is 0 Å². The van der Waals surface area contributed by atoms with Gasteiger partial charge in [0, 0.05) is 18.0 Å². The van der Waals surface area contributed by atoms with Gasteiger partial charge in [-0.05, 0) is 59.2 Å². The second-order valence-electron chi connectivity index (χ2n) is 5.17. The van der Waals surface area contributed by atoms with Crippen LogP contribution in [0.15, 0.2) is 29.6 Å². The van der Waals surface area contributed by atoms with Crippen LogP contribution in [0.1, 0.15) is 11.1 Å². The van der Waals surface area contributed by atoms with Crippen molar-refractivity contribution < 1.29 is 0 Å². The highest BCUT2D eigenvalue weighted by Crippen LogP contribution is 2.38. The molecule has 0 aliphatic rings. The van der Waals surface area contributed by atoms with Gasteiger partial charge in [-0.2, -0.15) is 5.10 Å². The fraction of sp³-hybridized carbons (Fsp3) is 0.188. The van der Waals surface area contributed by atoms with Crippen molar-refractivity contribution in [3.63, 3.8) is 0 Å². The van der Waals surface area contributed by atoms with Crippen LogP contribution in [0.3, 0.4) is 0 Å². The van der Waals surface area contributed by atoms with Gasteiger partial charge in [0.05, 0.1) is 8.45 Å². The normalized spacial score (nSPS) is 11.0. The highest BCUT2D eigenvalue weighted by atomic mass is 127. The van der Waals surface area contributed by atoms with Crippen molar-refractivity contribution in [3.8, 4) is 22.4 Å². The van der Waals surface area contributed by atoms with Gasteiger partial charge in [0.1, 0.15) is 11.5 Å². The Balaban J connectivity index is 2.24. The molecule has 0 amide bonds. The maximum absolute atomic E-state index is 6.27. The molecule has 3 aromatic rings. The zero-order valence-electron chi connectivity index (χ0n) is 12.1. The summed E-state index contributed by atoms with van der Waals surface area (Å²) in [7, 11) is 1.89. The van der Waals surface area contributed by atoms with E-state index in [0.29, 0.717) is 5.82 Å². The summed E-state index contributed by atoms with van der Waals surface area (Å²) in [6, 6.07) is 8.59. The second kappa shape index (κ2) is 5.46. The lowest BCUT2D eigenvalue weighted by Gasteiger charge is -2.06. The van der Waals surface area contributed by atoms with E-state index in [0.717, 1.165) is 22.4 Å². The Kier molecular flexibility index (Phi) is 3.79. The molecule has 0 aliphatic carbocycles. The van der Waals surface area contributed by atoms with E-state index in [-0.39, 0.29) is 0 Å². The molecule has 0 fully saturated rings. The first-order valence-corrected chi connectivity index (χ1v) is 8.57. The minimum Gasteiger partial charge on any atom is -0.383 e. The Bertz CT molecular complexity index is 817. The Labute approximate surface area is 141 Å². The molecule has 3 nitrogen and oxygen atoms in total. The van der Waals surface area contributed by atoms with Crippen molar-refractivity contribution >= 4 is 39.7 Å². The van der Waals surface area contributed by atoms with Gasteiger partial charge in [-0.3, -0.25) is 4.68 Å². The lowest BCUT2D eigenvalue weighted by atomic mass is 9.98. The van der Waals surface area contributed by atoms with E-state index in [9.17, 15) is 0 Å². The third kappa shape index (κ3) is 2.60. The first-order chi connectivity index (χ1) is 9.97. The van der Waals surface area contributed by atoms with E-state index < -0.39 is 0 Å². The number of nitrogens with zero attached hydrogens (tertiary/aromatic N) is 2. The smallest absolute Gasteiger partial charge is 0.129 e. The zero-order chi connectivity index (χ0) is 15.1. The summed E-state index contributed by atoms with van der Waals surface area (Å²) in [5.74, 6) is 0.703. The zero-order valence-corrected chi connectivity index (χ0v) is 15.1. The first-order valence-electron chi connectivity index (χ1n) is 6.62. The Morgan fingerprint density at radius 1 is 1.14 bits per heavy atom. The van der Waals surface area contributed by atoms with Gasteiger partial charge in [-0.1, -0.05) is 18.2 Å². The molecule has 108 valence electrons. The summed E-state index contributed by atoms with van der Waals surface area (Å²) in [6.07, 6.45) is 0. The van der Waals surface area contributed by atoms with Gasteiger partial charge in [0.25, 0.3) is 0 Å². The molecule has 0 saturated heterocycles. The summed E-state index contributed by atoms with van der Waals surface area (Å²) < 4.78 is 3.00. The van der Waals surface area contributed by atoms with Crippen molar-refractivity contribution in [1.29, 1.82) is 0 Å². The SMILES string of the molecule is Cc1ccc(-c2c(-c3csc(I)c3)nn(C)c2N)cc1C. The van der Waals surface area contributed by atoms with Crippen LogP contribution in [0, 0.1) is 16.7 Å². The number of anilines is 1. The summed E-state index contributed by atoms with van der Waals surface area (Å²) in [5.41, 5.74) is 13.1. The predicted octanol–water partition coefficient (Wildman–Crippen LogP) is 4.62. The molecule has 0 bridgehead atoms. The number of aryl methyl sites for hydroxylation is 3. The number of hydrogen-bond donors (Lipinski definition) is 1. The van der Waals surface area contributed by atoms with Crippen LogP contribution in [0.25, 0.3) is 22.4 Å². The van der Waals surface area contributed by atoms with Crippen LogP contribution in [0.2, 0.25) is 0 Å². The molecule has 5 heteroatoms. The van der Waals surface area contributed by atoms with Gasteiger partial charge in [0.2, 0.25) is 0 Å². The fourth-order valence-electron chi connectivity index (χ4n) is 2.35. The molecule has 0 aliphatic heterocycles.